The lowest BCUT2D eigenvalue weighted by molar-refractivity contribution is -0.121. The molecule has 1 aliphatic heterocycles. The average molecular weight is 462 g/mol. The van der Waals surface area contributed by atoms with E-state index >= 15 is 0 Å². The van der Waals surface area contributed by atoms with E-state index in [4.69, 9.17) is 9.47 Å². The molecule has 0 radical (unpaired) electrons. The van der Waals surface area contributed by atoms with Crippen LogP contribution >= 0.6 is 15.9 Å². The van der Waals surface area contributed by atoms with Crippen molar-refractivity contribution in [1.29, 1.82) is 0 Å². The van der Waals surface area contributed by atoms with Crippen molar-refractivity contribution in [2.45, 2.75) is 25.8 Å². The SMILES string of the molecule is CCC(NC(=O)CCNC(=O)Nc1ccc(Br)cc1)c1ccc2c(c1)OCCO2. The van der Waals surface area contributed by atoms with E-state index in [9.17, 15) is 9.59 Å². The Morgan fingerprint density at radius 3 is 2.52 bits per heavy atom. The Kier molecular flexibility index (Phi) is 7.35. The first-order valence-electron chi connectivity index (χ1n) is 9.54. The number of carbonyl (C=O) groups excluding carboxylic acids is 2. The van der Waals surface area contributed by atoms with Gasteiger partial charge in [-0.15, -0.1) is 0 Å². The number of hydrogen-bond donors (Lipinski definition) is 3. The zero-order chi connectivity index (χ0) is 20.6. The van der Waals surface area contributed by atoms with Crippen LogP contribution in [0.2, 0.25) is 0 Å². The maximum Gasteiger partial charge on any atom is 0.319 e. The van der Waals surface area contributed by atoms with Gasteiger partial charge in [-0.05, 0) is 48.4 Å². The van der Waals surface area contributed by atoms with E-state index in [2.05, 4.69) is 31.9 Å². The van der Waals surface area contributed by atoms with Crippen molar-refractivity contribution in [1.82, 2.24) is 10.6 Å². The minimum Gasteiger partial charge on any atom is -0.486 e. The Balaban J connectivity index is 1.45. The first-order chi connectivity index (χ1) is 14.0. The Bertz CT molecular complexity index is 858. The van der Waals surface area contributed by atoms with Gasteiger partial charge < -0.3 is 25.4 Å². The quantitative estimate of drug-likeness (QED) is 0.581. The summed E-state index contributed by atoms with van der Waals surface area (Å²) in [5.74, 6) is 1.30. The Hall–Kier alpha value is -2.74. The van der Waals surface area contributed by atoms with E-state index in [1.54, 1.807) is 12.1 Å². The van der Waals surface area contributed by atoms with Gasteiger partial charge in [0.15, 0.2) is 11.5 Å². The molecule has 3 N–H and O–H groups in total. The van der Waals surface area contributed by atoms with Gasteiger partial charge in [0.25, 0.3) is 0 Å². The molecule has 8 heteroatoms. The summed E-state index contributed by atoms with van der Waals surface area (Å²) in [6.07, 6.45) is 0.928. The highest BCUT2D eigenvalue weighted by atomic mass is 79.9. The standard InChI is InChI=1S/C21H24BrN3O4/c1-2-17(14-3-8-18-19(13-14)29-12-11-28-18)25-20(26)9-10-23-21(27)24-16-6-4-15(22)5-7-16/h3-8,13,17H,2,9-12H2,1H3,(H,25,26)(H2,23,24,27). The number of carbonyl (C=O) groups is 2. The topological polar surface area (TPSA) is 88.7 Å². The molecule has 1 aliphatic rings. The molecular formula is C21H24BrN3O4. The van der Waals surface area contributed by atoms with Crippen LogP contribution in [0.4, 0.5) is 10.5 Å². The second-order valence-corrected chi connectivity index (χ2v) is 7.48. The fourth-order valence-electron chi connectivity index (χ4n) is 2.96. The third kappa shape index (κ3) is 6.12. The van der Waals surface area contributed by atoms with Gasteiger partial charge in [0.2, 0.25) is 5.91 Å². The minimum absolute atomic E-state index is 0.129. The number of amides is 3. The maximum absolute atomic E-state index is 12.3. The monoisotopic (exact) mass is 461 g/mol. The molecule has 0 fully saturated rings. The van der Waals surface area contributed by atoms with Crippen LogP contribution in [0.25, 0.3) is 0 Å². The van der Waals surface area contributed by atoms with Crippen LogP contribution in [-0.2, 0) is 4.79 Å². The van der Waals surface area contributed by atoms with E-state index < -0.39 is 0 Å². The molecule has 3 amide bonds. The maximum atomic E-state index is 12.3. The summed E-state index contributed by atoms with van der Waals surface area (Å²) in [6, 6.07) is 12.5. The van der Waals surface area contributed by atoms with Crippen LogP contribution in [0, 0.1) is 0 Å². The molecule has 0 aliphatic carbocycles. The predicted molar refractivity (Wildman–Crippen MR) is 114 cm³/mol. The normalized spacial score (nSPS) is 13.3. The summed E-state index contributed by atoms with van der Waals surface area (Å²) >= 11 is 3.34. The fourth-order valence-corrected chi connectivity index (χ4v) is 3.23. The lowest BCUT2D eigenvalue weighted by Gasteiger charge is -2.22. The minimum atomic E-state index is -0.348. The van der Waals surface area contributed by atoms with Crippen LogP contribution in [0.5, 0.6) is 11.5 Å². The molecule has 2 aromatic carbocycles. The van der Waals surface area contributed by atoms with Crippen molar-refractivity contribution in [3.8, 4) is 11.5 Å². The highest BCUT2D eigenvalue weighted by molar-refractivity contribution is 9.10. The Morgan fingerprint density at radius 1 is 1.07 bits per heavy atom. The summed E-state index contributed by atoms with van der Waals surface area (Å²) < 4.78 is 12.1. The zero-order valence-electron chi connectivity index (χ0n) is 16.2. The Labute approximate surface area is 178 Å². The molecule has 1 heterocycles. The first kappa shape index (κ1) is 21.0. The van der Waals surface area contributed by atoms with Gasteiger partial charge in [0.05, 0.1) is 6.04 Å². The van der Waals surface area contributed by atoms with Gasteiger partial charge >= 0.3 is 6.03 Å². The molecule has 3 rings (SSSR count). The van der Waals surface area contributed by atoms with E-state index in [-0.39, 0.29) is 30.9 Å². The molecule has 0 aromatic heterocycles. The average Bonchev–Trinajstić information content (AvgIpc) is 2.73. The van der Waals surface area contributed by atoms with Crippen LogP contribution in [0.15, 0.2) is 46.9 Å². The number of anilines is 1. The first-order valence-corrected chi connectivity index (χ1v) is 10.3. The number of nitrogens with one attached hydrogen (secondary N) is 3. The molecule has 0 saturated carbocycles. The van der Waals surface area contributed by atoms with E-state index in [1.165, 1.54) is 0 Å². The van der Waals surface area contributed by atoms with Crippen LogP contribution in [0.1, 0.15) is 31.4 Å². The van der Waals surface area contributed by atoms with Crippen molar-refractivity contribution in [2.24, 2.45) is 0 Å². The predicted octanol–water partition coefficient (Wildman–Crippen LogP) is 4.00. The fraction of sp³-hybridized carbons (Fsp3) is 0.333. The highest BCUT2D eigenvalue weighted by Crippen LogP contribution is 2.33. The van der Waals surface area contributed by atoms with Gasteiger partial charge in [-0.25, -0.2) is 4.79 Å². The molecule has 1 unspecified atom stereocenters. The number of urea groups is 1. The highest BCUT2D eigenvalue weighted by Gasteiger charge is 2.17. The van der Waals surface area contributed by atoms with Gasteiger partial charge in [0.1, 0.15) is 13.2 Å². The smallest absolute Gasteiger partial charge is 0.319 e. The van der Waals surface area contributed by atoms with Crippen molar-refractivity contribution in [3.05, 3.63) is 52.5 Å². The third-order valence-corrected chi connectivity index (χ3v) is 4.98. The number of ether oxygens (including phenoxy) is 2. The summed E-state index contributed by atoms with van der Waals surface area (Å²) in [5.41, 5.74) is 1.64. The van der Waals surface area contributed by atoms with Crippen molar-refractivity contribution >= 4 is 33.6 Å². The summed E-state index contributed by atoms with van der Waals surface area (Å²) in [5, 5.41) is 8.42. The van der Waals surface area contributed by atoms with Crippen LogP contribution in [0.3, 0.4) is 0 Å². The number of hydrogen-bond acceptors (Lipinski definition) is 4. The van der Waals surface area contributed by atoms with Crippen molar-refractivity contribution in [3.63, 3.8) is 0 Å². The molecule has 2 aromatic rings. The second kappa shape index (κ2) is 10.2. The largest absolute Gasteiger partial charge is 0.486 e. The number of fused-ring (bicyclic) bond motifs is 1. The van der Waals surface area contributed by atoms with Gasteiger partial charge in [0, 0.05) is 23.1 Å². The van der Waals surface area contributed by atoms with E-state index in [0.717, 1.165) is 22.2 Å². The molecule has 7 nitrogen and oxygen atoms in total. The van der Waals surface area contributed by atoms with Crippen molar-refractivity contribution < 1.29 is 19.1 Å². The number of rotatable bonds is 7. The lowest BCUT2D eigenvalue weighted by atomic mass is 10.0. The molecule has 0 bridgehead atoms. The lowest BCUT2D eigenvalue weighted by Crippen LogP contribution is -2.34. The van der Waals surface area contributed by atoms with Gasteiger partial charge in [-0.2, -0.15) is 0 Å². The Morgan fingerprint density at radius 2 is 1.79 bits per heavy atom. The third-order valence-electron chi connectivity index (χ3n) is 4.45. The zero-order valence-corrected chi connectivity index (χ0v) is 17.8. The van der Waals surface area contributed by atoms with Gasteiger partial charge in [-0.3, -0.25) is 4.79 Å². The van der Waals surface area contributed by atoms with Gasteiger partial charge in [-0.1, -0.05) is 28.9 Å². The second-order valence-electron chi connectivity index (χ2n) is 6.57. The molecule has 0 saturated heterocycles. The summed E-state index contributed by atoms with van der Waals surface area (Å²) in [6.45, 7) is 3.31. The molecule has 0 spiro atoms. The summed E-state index contributed by atoms with van der Waals surface area (Å²) in [4.78, 5) is 24.2. The number of halogens is 1. The molecule has 29 heavy (non-hydrogen) atoms. The molecule has 154 valence electrons. The summed E-state index contributed by atoms with van der Waals surface area (Å²) in [7, 11) is 0. The molecule has 1 atom stereocenters. The van der Waals surface area contributed by atoms with Crippen LogP contribution in [-0.4, -0.2) is 31.7 Å². The van der Waals surface area contributed by atoms with Crippen LogP contribution < -0.4 is 25.4 Å². The van der Waals surface area contributed by atoms with Crippen molar-refractivity contribution in [2.75, 3.05) is 25.1 Å². The van der Waals surface area contributed by atoms with E-state index in [1.807, 2.05) is 37.3 Å². The van der Waals surface area contributed by atoms with E-state index in [0.29, 0.717) is 24.7 Å². The molecular weight excluding hydrogens is 438 g/mol. The number of benzene rings is 2.